The summed E-state index contributed by atoms with van der Waals surface area (Å²) in [6.07, 6.45) is 0. The van der Waals surface area contributed by atoms with Gasteiger partial charge in [0.25, 0.3) is 0 Å². The van der Waals surface area contributed by atoms with Crippen molar-refractivity contribution in [3.05, 3.63) is 87.9 Å². The molecular weight excluding hydrogens is 375 g/mol. The van der Waals surface area contributed by atoms with Gasteiger partial charge in [-0.1, -0.05) is 77.3 Å². The van der Waals surface area contributed by atoms with E-state index in [1.807, 2.05) is 30.3 Å². The van der Waals surface area contributed by atoms with Crippen LogP contribution in [0.2, 0.25) is 10.0 Å². The summed E-state index contributed by atoms with van der Waals surface area (Å²) in [4.78, 5) is 8.40. The van der Waals surface area contributed by atoms with Crippen molar-refractivity contribution in [2.45, 2.75) is 13.8 Å². The lowest BCUT2D eigenvalue weighted by atomic mass is 9.99. The third-order valence-corrected chi connectivity index (χ3v) is 5.44. The monoisotopic (exact) mass is 392 g/mol. The number of halogens is 2. The number of nitrogens with one attached hydrogen (secondary N) is 1. The van der Waals surface area contributed by atoms with E-state index in [0.717, 1.165) is 28.1 Å². The molecule has 0 fully saturated rings. The molecule has 3 aromatic carbocycles. The first-order chi connectivity index (χ1) is 13.0. The summed E-state index contributed by atoms with van der Waals surface area (Å²) in [5, 5.41) is 1.01. The van der Waals surface area contributed by atoms with Crippen LogP contribution < -0.4 is 0 Å². The average Bonchev–Trinajstić information content (AvgIpc) is 3.11. The third-order valence-electron chi connectivity index (χ3n) is 4.62. The van der Waals surface area contributed by atoms with E-state index in [0.29, 0.717) is 15.9 Å². The molecule has 134 valence electrons. The number of aryl methyl sites for hydroxylation is 2. The largest absolute Gasteiger partial charge is 0.337 e. The van der Waals surface area contributed by atoms with Crippen LogP contribution in [0.4, 0.5) is 0 Å². The van der Waals surface area contributed by atoms with Gasteiger partial charge < -0.3 is 4.98 Å². The topological polar surface area (TPSA) is 28.7 Å². The molecule has 0 bridgehead atoms. The van der Waals surface area contributed by atoms with E-state index < -0.39 is 0 Å². The van der Waals surface area contributed by atoms with Crippen molar-refractivity contribution in [1.29, 1.82) is 0 Å². The fourth-order valence-electron chi connectivity index (χ4n) is 3.19. The van der Waals surface area contributed by atoms with Crippen molar-refractivity contribution in [3.8, 4) is 33.9 Å². The maximum absolute atomic E-state index is 6.45. The van der Waals surface area contributed by atoms with E-state index in [1.165, 1.54) is 11.1 Å². The van der Waals surface area contributed by atoms with Gasteiger partial charge in [-0.2, -0.15) is 0 Å². The number of nitrogens with zero attached hydrogens (tertiary/aromatic N) is 1. The number of imidazole rings is 1. The first-order valence-corrected chi connectivity index (χ1v) is 9.47. The first kappa shape index (κ1) is 17.8. The van der Waals surface area contributed by atoms with Crippen molar-refractivity contribution in [1.82, 2.24) is 9.97 Å². The molecule has 0 saturated heterocycles. The molecule has 1 N–H and O–H groups in total. The van der Waals surface area contributed by atoms with Crippen molar-refractivity contribution in [2.75, 3.05) is 0 Å². The molecular formula is C23H18Cl2N2. The molecule has 0 amide bonds. The number of aromatic amines is 1. The second-order valence-electron chi connectivity index (χ2n) is 6.59. The fraction of sp³-hybridized carbons (Fsp3) is 0.0870. The number of H-pyrrole nitrogens is 1. The Kier molecular flexibility index (Phi) is 4.77. The summed E-state index contributed by atoms with van der Waals surface area (Å²) >= 11 is 12.7. The highest BCUT2D eigenvalue weighted by Crippen LogP contribution is 2.38. The van der Waals surface area contributed by atoms with Crippen LogP contribution in [0.3, 0.4) is 0 Å². The molecule has 1 aromatic heterocycles. The van der Waals surface area contributed by atoms with Gasteiger partial charge in [-0.3, -0.25) is 0 Å². The molecule has 1 heterocycles. The third kappa shape index (κ3) is 3.39. The zero-order valence-corrected chi connectivity index (χ0v) is 16.6. The Bertz CT molecular complexity index is 1110. The molecule has 4 rings (SSSR count). The van der Waals surface area contributed by atoms with Crippen LogP contribution in [0.25, 0.3) is 33.9 Å². The summed E-state index contributed by atoms with van der Waals surface area (Å²) in [5.74, 6) is 0.706. The van der Waals surface area contributed by atoms with Crippen LogP contribution in [-0.4, -0.2) is 9.97 Å². The van der Waals surface area contributed by atoms with E-state index in [1.54, 1.807) is 6.07 Å². The minimum atomic E-state index is 0.500. The van der Waals surface area contributed by atoms with E-state index >= 15 is 0 Å². The molecule has 4 aromatic rings. The zero-order chi connectivity index (χ0) is 19.0. The fourth-order valence-corrected chi connectivity index (χ4v) is 3.58. The van der Waals surface area contributed by atoms with Crippen LogP contribution >= 0.6 is 23.2 Å². The van der Waals surface area contributed by atoms with Crippen LogP contribution in [-0.2, 0) is 0 Å². The number of rotatable bonds is 3. The molecule has 0 aliphatic rings. The Morgan fingerprint density at radius 2 is 1.59 bits per heavy atom. The predicted octanol–water partition coefficient (Wildman–Crippen LogP) is 7.33. The Hall–Kier alpha value is -2.55. The molecule has 0 spiro atoms. The van der Waals surface area contributed by atoms with Crippen LogP contribution in [0, 0.1) is 13.8 Å². The predicted molar refractivity (Wildman–Crippen MR) is 114 cm³/mol. The van der Waals surface area contributed by atoms with Gasteiger partial charge in [-0.05, 0) is 37.6 Å². The number of hydrogen-bond acceptors (Lipinski definition) is 1. The van der Waals surface area contributed by atoms with Crippen molar-refractivity contribution >= 4 is 23.2 Å². The minimum absolute atomic E-state index is 0.500. The van der Waals surface area contributed by atoms with Gasteiger partial charge in [0.1, 0.15) is 5.82 Å². The van der Waals surface area contributed by atoms with Gasteiger partial charge in [0.2, 0.25) is 0 Å². The molecule has 27 heavy (non-hydrogen) atoms. The lowest BCUT2D eigenvalue weighted by molar-refractivity contribution is 1.30. The first-order valence-electron chi connectivity index (χ1n) is 8.72. The van der Waals surface area contributed by atoms with Gasteiger partial charge in [-0.15, -0.1) is 0 Å². The zero-order valence-electron chi connectivity index (χ0n) is 15.1. The number of benzene rings is 3. The van der Waals surface area contributed by atoms with Gasteiger partial charge in [-0.25, -0.2) is 4.98 Å². The van der Waals surface area contributed by atoms with Crippen LogP contribution in [0.1, 0.15) is 11.1 Å². The highest BCUT2D eigenvalue weighted by atomic mass is 35.5. The molecule has 0 unspecified atom stereocenters. The smallest absolute Gasteiger partial charge is 0.140 e. The van der Waals surface area contributed by atoms with E-state index in [4.69, 9.17) is 28.2 Å². The second kappa shape index (κ2) is 7.22. The highest BCUT2D eigenvalue weighted by Gasteiger charge is 2.18. The summed E-state index contributed by atoms with van der Waals surface area (Å²) in [5.41, 5.74) is 7.23. The molecule has 0 atom stereocenters. The molecule has 4 heteroatoms. The summed E-state index contributed by atoms with van der Waals surface area (Å²) in [6.45, 7) is 4.20. The Morgan fingerprint density at radius 3 is 2.37 bits per heavy atom. The molecule has 0 aliphatic carbocycles. The van der Waals surface area contributed by atoms with E-state index in [-0.39, 0.29) is 0 Å². The average molecular weight is 393 g/mol. The van der Waals surface area contributed by atoms with Gasteiger partial charge in [0.15, 0.2) is 0 Å². The maximum Gasteiger partial charge on any atom is 0.140 e. The summed E-state index contributed by atoms with van der Waals surface area (Å²) in [7, 11) is 0. The standard InChI is InChI=1S/C23H18Cl2N2/c1-14-11-12-15(2)18(13-14)22-21(16-7-4-3-5-8-16)26-23(27-22)17-9-6-10-19(24)20(17)25/h3-13H,1-2H3,(H,26,27). The van der Waals surface area contributed by atoms with Crippen molar-refractivity contribution < 1.29 is 0 Å². The molecule has 0 radical (unpaired) electrons. The number of hydrogen-bond donors (Lipinski definition) is 1. The number of aromatic nitrogens is 2. The van der Waals surface area contributed by atoms with Gasteiger partial charge in [0, 0.05) is 16.7 Å². The van der Waals surface area contributed by atoms with Crippen LogP contribution in [0.15, 0.2) is 66.7 Å². The van der Waals surface area contributed by atoms with Crippen molar-refractivity contribution in [3.63, 3.8) is 0 Å². The van der Waals surface area contributed by atoms with Crippen LogP contribution in [0.5, 0.6) is 0 Å². The second-order valence-corrected chi connectivity index (χ2v) is 7.38. The Morgan fingerprint density at radius 1 is 0.815 bits per heavy atom. The SMILES string of the molecule is Cc1ccc(C)c(-c2[nH]c(-c3cccc(Cl)c3Cl)nc2-c2ccccc2)c1. The quantitative estimate of drug-likeness (QED) is 0.388. The van der Waals surface area contributed by atoms with Gasteiger partial charge in [0.05, 0.1) is 21.4 Å². The Balaban J connectivity index is 1.98. The highest BCUT2D eigenvalue weighted by molar-refractivity contribution is 6.43. The van der Waals surface area contributed by atoms with E-state index in [2.05, 4.69) is 49.2 Å². The van der Waals surface area contributed by atoms with E-state index in [9.17, 15) is 0 Å². The summed E-state index contributed by atoms with van der Waals surface area (Å²) in [6, 6.07) is 22.2. The summed E-state index contributed by atoms with van der Waals surface area (Å²) < 4.78 is 0. The Labute approximate surface area is 168 Å². The molecule has 2 nitrogen and oxygen atoms in total. The lowest BCUT2D eigenvalue weighted by Gasteiger charge is -2.08. The minimum Gasteiger partial charge on any atom is -0.337 e. The lowest BCUT2D eigenvalue weighted by Crippen LogP contribution is -1.88. The molecule has 0 saturated carbocycles. The maximum atomic E-state index is 6.45. The van der Waals surface area contributed by atoms with Crippen molar-refractivity contribution in [2.24, 2.45) is 0 Å². The normalized spacial score (nSPS) is 11.0. The van der Waals surface area contributed by atoms with Gasteiger partial charge >= 0.3 is 0 Å². The molecule has 0 aliphatic heterocycles.